The van der Waals surface area contributed by atoms with Gasteiger partial charge in [0.05, 0.1) is 5.56 Å². The molecule has 4 aliphatic rings. The first-order chi connectivity index (χ1) is 17.1. The van der Waals surface area contributed by atoms with Crippen LogP contribution in [0.2, 0.25) is 0 Å². The molecule has 0 spiro atoms. The van der Waals surface area contributed by atoms with Crippen LogP contribution in [0.25, 0.3) is 16.5 Å². The zero-order valence-corrected chi connectivity index (χ0v) is 19.4. The molecule has 3 atom stereocenters. The van der Waals surface area contributed by atoms with Crippen molar-refractivity contribution in [3.63, 3.8) is 0 Å². The molecule has 0 aromatic heterocycles. The van der Waals surface area contributed by atoms with Crippen molar-refractivity contribution in [3.8, 4) is 5.75 Å². The Labute approximate surface area is 205 Å². The summed E-state index contributed by atoms with van der Waals surface area (Å²) in [6.45, 7) is 0.645. The fraction of sp³-hybridized carbons (Fsp3) is 0.370. The number of fused-ring (bicyclic) bond motifs is 4. The average Bonchev–Trinajstić information content (AvgIpc) is 3.64. The van der Waals surface area contributed by atoms with Crippen molar-refractivity contribution in [2.75, 3.05) is 0 Å². The quantitative estimate of drug-likeness (QED) is 0.353. The number of Topliss-reactive ketones (excluding diaryl/α,β-unsaturated/α-hetero) is 2. The molecule has 0 bridgehead atoms. The first-order valence-electron chi connectivity index (χ1n) is 12.1. The molecule has 0 radical (unpaired) electrons. The molecule has 9 heteroatoms. The van der Waals surface area contributed by atoms with Crippen LogP contribution >= 0.6 is 0 Å². The van der Waals surface area contributed by atoms with E-state index in [4.69, 9.17) is 5.73 Å². The van der Waals surface area contributed by atoms with Crippen molar-refractivity contribution in [1.29, 1.82) is 0 Å². The highest BCUT2D eigenvalue weighted by Gasteiger charge is 2.60. The van der Waals surface area contributed by atoms with Gasteiger partial charge >= 0.3 is 0 Å². The molecule has 1 amide bonds. The van der Waals surface area contributed by atoms with Gasteiger partial charge in [0.1, 0.15) is 22.8 Å². The first kappa shape index (κ1) is 22.8. The van der Waals surface area contributed by atoms with Gasteiger partial charge in [0, 0.05) is 35.9 Å². The number of nitrogens with one attached hydrogen (secondary N) is 1. The maximum Gasteiger partial charge on any atom is 0.255 e. The largest absolute Gasteiger partial charge is 0.508 e. The van der Waals surface area contributed by atoms with Gasteiger partial charge in [-0.25, -0.2) is 0 Å². The number of amides is 1. The minimum Gasteiger partial charge on any atom is -0.508 e. The SMILES string of the molecule is NC(=O)C1=C(O)[C@@]2(O)C(=O)C3=C(O)c4c(cc5ccc(CNC6CC6)cc5c4O)CC3C[C@H]2CC1=O. The molecule has 2 fully saturated rings. The molecule has 2 aromatic carbocycles. The fourth-order valence-electron chi connectivity index (χ4n) is 6.09. The van der Waals surface area contributed by atoms with Crippen molar-refractivity contribution in [2.24, 2.45) is 17.6 Å². The molecular weight excluding hydrogens is 464 g/mol. The number of carbonyl (C=O) groups excluding carboxylic acids is 3. The topological polar surface area (TPSA) is 170 Å². The Kier molecular flexibility index (Phi) is 4.84. The Morgan fingerprint density at radius 1 is 1.11 bits per heavy atom. The van der Waals surface area contributed by atoms with Crippen LogP contribution in [-0.2, 0) is 27.3 Å². The number of primary amides is 1. The molecule has 0 aliphatic heterocycles. The molecule has 2 aromatic rings. The van der Waals surface area contributed by atoms with E-state index in [1.54, 1.807) is 0 Å². The molecule has 2 saturated carbocycles. The molecule has 1 unspecified atom stereocenters. The summed E-state index contributed by atoms with van der Waals surface area (Å²) in [5.41, 5.74) is 3.48. The zero-order chi connectivity index (χ0) is 25.5. The molecule has 0 heterocycles. The third kappa shape index (κ3) is 3.12. The lowest BCUT2D eigenvalue weighted by Crippen LogP contribution is -2.58. The molecular formula is C27H26N2O7. The number of carbonyl (C=O) groups is 3. The van der Waals surface area contributed by atoms with Gasteiger partial charge in [-0.2, -0.15) is 0 Å². The second-order valence-corrected chi connectivity index (χ2v) is 10.4. The van der Waals surface area contributed by atoms with E-state index >= 15 is 0 Å². The molecule has 6 rings (SSSR count). The second kappa shape index (κ2) is 7.65. The van der Waals surface area contributed by atoms with Gasteiger partial charge in [-0.05, 0) is 54.2 Å². The number of hydrogen-bond donors (Lipinski definition) is 6. The maximum atomic E-state index is 13.6. The highest BCUT2D eigenvalue weighted by molar-refractivity contribution is 6.22. The number of benzene rings is 2. The van der Waals surface area contributed by atoms with E-state index in [9.17, 15) is 34.8 Å². The number of rotatable bonds is 4. The number of phenolic OH excluding ortho intramolecular Hbond substituents is 1. The van der Waals surface area contributed by atoms with Crippen molar-refractivity contribution < 1.29 is 34.8 Å². The third-order valence-electron chi connectivity index (χ3n) is 8.10. The summed E-state index contributed by atoms with van der Waals surface area (Å²) in [5.74, 6) is -6.17. The van der Waals surface area contributed by atoms with E-state index in [1.807, 2.05) is 24.3 Å². The summed E-state index contributed by atoms with van der Waals surface area (Å²) in [6, 6.07) is 8.13. The van der Waals surface area contributed by atoms with E-state index in [2.05, 4.69) is 5.32 Å². The standard InChI is InChI=1S/C27H26N2O7/c28-26(35)21-18(30)9-15-8-14-7-13-6-12-2-1-11(10-29-16-3-4-16)5-17(12)22(31)19(13)23(32)20(14)24(33)27(15,36)25(21)34/h1-2,5-6,14-16,29,31-32,34,36H,3-4,7-10H2,(H2,28,35)/t14?,15-,27-/m0/s1. The van der Waals surface area contributed by atoms with E-state index in [-0.39, 0.29) is 29.7 Å². The van der Waals surface area contributed by atoms with Gasteiger partial charge in [0.15, 0.2) is 11.4 Å². The number of ketones is 2. The molecule has 186 valence electrons. The Morgan fingerprint density at radius 3 is 2.56 bits per heavy atom. The number of phenols is 1. The predicted octanol–water partition coefficient (Wildman–Crippen LogP) is 1.83. The van der Waals surface area contributed by atoms with Crippen LogP contribution in [0, 0.1) is 11.8 Å². The molecule has 0 saturated heterocycles. The van der Waals surface area contributed by atoms with Gasteiger partial charge in [0.2, 0.25) is 5.78 Å². The van der Waals surface area contributed by atoms with Gasteiger partial charge in [-0.3, -0.25) is 14.4 Å². The van der Waals surface area contributed by atoms with Crippen molar-refractivity contribution in [1.82, 2.24) is 5.32 Å². The summed E-state index contributed by atoms with van der Waals surface area (Å²) in [6.07, 6.45) is 2.38. The summed E-state index contributed by atoms with van der Waals surface area (Å²) < 4.78 is 0. The van der Waals surface area contributed by atoms with Gasteiger partial charge in [-0.15, -0.1) is 0 Å². The minimum atomic E-state index is -2.55. The second-order valence-electron chi connectivity index (χ2n) is 10.4. The van der Waals surface area contributed by atoms with E-state index < -0.39 is 52.0 Å². The monoisotopic (exact) mass is 490 g/mol. The van der Waals surface area contributed by atoms with E-state index in [0.717, 1.165) is 23.8 Å². The van der Waals surface area contributed by atoms with Crippen molar-refractivity contribution in [2.45, 2.75) is 50.3 Å². The lowest BCUT2D eigenvalue weighted by atomic mass is 9.59. The summed E-state index contributed by atoms with van der Waals surface area (Å²) >= 11 is 0. The summed E-state index contributed by atoms with van der Waals surface area (Å²) in [4.78, 5) is 37.8. The van der Waals surface area contributed by atoms with Crippen molar-refractivity contribution >= 4 is 34.0 Å². The number of aliphatic hydroxyl groups excluding tert-OH is 2. The fourth-order valence-corrected chi connectivity index (χ4v) is 6.09. The molecule has 9 nitrogen and oxygen atoms in total. The van der Waals surface area contributed by atoms with Crippen LogP contribution in [0.15, 0.2) is 41.2 Å². The molecule has 4 aliphatic carbocycles. The normalized spacial score (nSPS) is 27.7. The Hall–Kier alpha value is -3.69. The van der Waals surface area contributed by atoms with Crippen molar-refractivity contribution in [3.05, 3.63) is 57.9 Å². The van der Waals surface area contributed by atoms with Crippen LogP contribution in [0.1, 0.15) is 42.4 Å². The number of hydrogen-bond acceptors (Lipinski definition) is 8. The zero-order valence-electron chi connectivity index (χ0n) is 19.4. The number of nitrogens with two attached hydrogens (primary N) is 1. The van der Waals surface area contributed by atoms with E-state index in [1.165, 1.54) is 0 Å². The van der Waals surface area contributed by atoms with Crippen LogP contribution < -0.4 is 11.1 Å². The molecule has 36 heavy (non-hydrogen) atoms. The highest BCUT2D eigenvalue weighted by atomic mass is 16.3. The Balaban J connectivity index is 1.47. The average molecular weight is 491 g/mol. The minimum absolute atomic E-state index is 0.113. The summed E-state index contributed by atoms with van der Waals surface area (Å²) in [7, 11) is 0. The lowest BCUT2D eigenvalue weighted by molar-refractivity contribution is -0.147. The predicted molar refractivity (Wildman–Crippen MR) is 129 cm³/mol. The van der Waals surface area contributed by atoms with Crippen LogP contribution in [0.3, 0.4) is 0 Å². The van der Waals surface area contributed by atoms with Gasteiger partial charge in [0.25, 0.3) is 5.91 Å². The smallest absolute Gasteiger partial charge is 0.255 e. The van der Waals surface area contributed by atoms with Gasteiger partial charge < -0.3 is 31.5 Å². The Morgan fingerprint density at radius 2 is 1.86 bits per heavy atom. The first-order valence-corrected chi connectivity index (χ1v) is 12.1. The summed E-state index contributed by atoms with van der Waals surface area (Å²) in [5, 5.41) is 49.2. The number of aromatic hydroxyl groups is 1. The van der Waals surface area contributed by atoms with E-state index in [0.29, 0.717) is 30.0 Å². The molecule has 7 N–H and O–H groups in total. The van der Waals surface area contributed by atoms with Crippen LogP contribution in [-0.4, -0.2) is 49.5 Å². The maximum absolute atomic E-state index is 13.6. The number of aliphatic hydroxyl groups is 3. The van der Waals surface area contributed by atoms with Crippen LogP contribution in [0.4, 0.5) is 0 Å². The lowest BCUT2D eigenvalue weighted by Gasteiger charge is -2.46. The van der Waals surface area contributed by atoms with Crippen LogP contribution in [0.5, 0.6) is 5.75 Å². The van der Waals surface area contributed by atoms with Gasteiger partial charge in [-0.1, -0.05) is 18.2 Å². The third-order valence-corrected chi connectivity index (χ3v) is 8.10. The Bertz CT molecular complexity index is 1450. The highest BCUT2D eigenvalue weighted by Crippen LogP contribution is 2.52.